The van der Waals surface area contributed by atoms with Crippen molar-refractivity contribution < 1.29 is 19.5 Å². The minimum absolute atomic E-state index is 0.114. The molecular weight excluding hydrogens is 429 g/mol. The van der Waals surface area contributed by atoms with Crippen molar-refractivity contribution in [1.82, 2.24) is 9.88 Å². The Kier molecular flexibility index (Phi) is 5.07. The van der Waals surface area contributed by atoms with Crippen molar-refractivity contribution in [3.05, 3.63) is 82.1 Å². The maximum atomic E-state index is 13.0. The molecule has 2 heterocycles. The summed E-state index contributed by atoms with van der Waals surface area (Å²) in [6, 6.07) is 13.3. The van der Waals surface area contributed by atoms with Gasteiger partial charge in [0.2, 0.25) is 0 Å². The van der Waals surface area contributed by atoms with Crippen molar-refractivity contribution >= 4 is 52.8 Å². The van der Waals surface area contributed by atoms with Crippen molar-refractivity contribution in [3.8, 4) is 11.4 Å². The normalized spacial score (nSPS) is 15.6. The molecule has 0 bridgehead atoms. The number of benzene rings is 2. The van der Waals surface area contributed by atoms with Gasteiger partial charge < -0.3 is 9.67 Å². The summed E-state index contributed by atoms with van der Waals surface area (Å²) in [5, 5.41) is 12.1. The molecule has 2 N–H and O–H groups in total. The Morgan fingerprint density at radius 2 is 1.60 bits per heavy atom. The molecule has 3 aromatic rings. The number of urea groups is 1. The zero-order valence-electron chi connectivity index (χ0n) is 15.2. The van der Waals surface area contributed by atoms with Crippen LogP contribution in [0.25, 0.3) is 11.8 Å². The van der Waals surface area contributed by atoms with Crippen LogP contribution >= 0.6 is 23.2 Å². The third-order valence-electron chi connectivity index (χ3n) is 4.46. The van der Waals surface area contributed by atoms with Gasteiger partial charge in [-0.3, -0.25) is 14.9 Å². The molecule has 2 aromatic carbocycles. The van der Waals surface area contributed by atoms with Gasteiger partial charge in [-0.05, 0) is 60.7 Å². The van der Waals surface area contributed by atoms with E-state index in [0.717, 1.165) is 4.90 Å². The fourth-order valence-electron chi connectivity index (χ4n) is 3.02. The van der Waals surface area contributed by atoms with Crippen molar-refractivity contribution in [1.29, 1.82) is 0 Å². The van der Waals surface area contributed by atoms with Crippen molar-refractivity contribution in [3.63, 3.8) is 0 Å². The van der Waals surface area contributed by atoms with Crippen molar-refractivity contribution in [2.24, 2.45) is 0 Å². The van der Waals surface area contributed by atoms with Gasteiger partial charge in [-0.25, -0.2) is 9.69 Å². The van der Waals surface area contributed by atoms with Crippen LogP contribution in [-0.4, -0.2) is 27.5 Å². The number of carbonyl (C=O) groups excluding carboxylic acids is 3. The van der Waals surface area contributed by atoms with Crippen molar-refractivity contribution in [2.75, 3.05) is 4.90 Å². The molecule has 1 saturated heterocycles. The number of nitrogens with one attached hydrogen (secondary N) is 1. The van der Waals surface area contributed by atoms with Crippen molar-refractivity contribution in [2.45, 2.75) is 0 Å². The quantitative estimate of drug-likeness (QED) is 0.471. The Morgan fingerprint density at radius 1 is 0.900 bits per heavy atom. The molecule has 30 heavy (non-hydrogen) atoms. The van der Waals surface area contributed by atoms with Crippen LogP contribution in [0.2, 0.25) is 10.0 Å². The molecule has 0 atom stereocenters. The number of anilines is 1. The van der Waals surface area contributed by atoms with Crippen LogP contribution in [0.15, 0.2) is 66.4 Å². The van der Waals surface area contributed by atoms with E-state index in [1.165, 1.54) is 36.4 Å². The fraction of sp³-hybridized carbons (Fsp3) is 0. The minimum Gasteiger partial charge on any atom is -0.508 e. The lowest BCUT2D eigenvalue weighted by Crippen LogP contribution is -2.54. The zero-order chi connectivity index (χ0) is 21.4. The maximum Gasteiger partial charge on any atom is 0.335 e. The Bertz CT molecular complexity index is 1220. The van der Waals surface area contributed by atoms with E-state index < -0.39 is 17.8 Å². The summed E-state index contributed by atoms with van der Waals surface area (Å²) in [6.07, 6.45) is 3.13. The lowest BCUT2D eigenvalue weighted by atomic mass is 10.1. The van der Waals surface area contributed by atoms with E-state index in [4.69, 9.17) is 23.2 Å². The number of amides is 4. The summed E-state index contributed by atoms with van der Waals surface area (Å²) in [7, 11) is 0. The second-order valence-electron chi connectivity index (χ2n) is 6.38. The average molecular weight is 442 g/mol. The van der Waals surface area contributed by atoms with E-state index in [2.05, 4.69) is 5.32 Å². The Labute approximate surface area is 180 Å². The topological polar surface area (TPSA) is 91.6 Å². The van der Waals surface area contributed by atoms with Gasteiger partial charge in [0.25, 0.3) is 11.8 Å². The second-order valence-corrected chi connectivity index (χ2v) is 7.19. The predicted octanol–water partition coefficient (Wildman–Crippen LogP) is 4.16. The number of phenolic OH excluding ortho intramolecular Hbond substituents is 1. The summed E-state index contributed by atoms with van der Waals surface area (Å²) in [6.45, 7) is 0. The first-order chi connectivity index (χ1) is 14.3. The first kappa shape index (κ1) is 19.8. The molecule has 0 saturated carbocycles. The standard InChI is InChI=1S/C21H13Cl2N3O4/c22-17-8-5-14(11-18(17)23)26-20(29)16(19(28)24-21(26)30)10-13-2-1-9-25(13)12-3-6-15(27)7-4-12/h1-11,27H,(H,24,28,30)/b16-10-. The van der Waals surface area contributed by atoms with Gasteiger partial charge in [0.15, 0.2) is 0 Å². The molecule has 1 aromatic heterocycles. The third kappa shape index (κ3) is 3.56. The molecule has 4 rings (SSSR count). The number of hydrogen-bond acceptors (Lipinski definition) is 4. The third-order valence-corrected chi connectivity index (χ3v) is 5.20. The van der Waals surface area contributed by atoms with Gasteiger partial charge in [0.1, 0.15) is 11.3 Å². The number of nitrogens with zero attached hydrogens (tertiary/aromatic N) is 2. The monoisotopic (exact) mass is 441 g/mol. The molecule has 7 nitrogen and oxygen atoms in total. The molecule has 1 aliphatic heterocycles. The zero-order valence-corrected chi connectivity index (χ0v) is 16.7. The highest BCUT2D eigenvalue weighted by Gasteiger charge is 2.37. The van der Waals surface area contributed by atoms with Gasteiger partial charge in [-0.15, -0.1) is 0 Å². The number of carbonyl (C=O) groups is 3. The summed E-state index contributed by atoms with van der Waals surface area (Å²) in [4.78, 5) is 38.6. The number of phenols is 1. The highest BCUT2D eigenvalue weighted by atomic mass is 35.5. The lowest BCUT2D eigenvalue weighted by molar-refractivity contribution is -0.122. The maximum absolute atomic E-state index is 13.0. The molecular formula is C21H13Cl2N3O4. The highest BCUT2D eigenvalue weighted by Crippen LogP contribution is 2.29. The molecule has 1 fully saturated rings. The number of aromatic nitrogens is 1. The van der Waals surface area contributed by atoms with Gasteiger partial charge in [0, 0.05) is 17.6 Å². The van der Waals surface area contributed by atoms with Crippen LogP contribution in [0.1, 0.15) is 5.69 Å². The molecule has 0 spiro atoms. The van der Waals surface area contributed by atoms with Crippen LogP contribution < -0.4 is 10.2 Å². The first-order valence-electron chi connectivity index (χ1n) is 8.68. The van der Waals surface area contributed by atoms with Gasteiger partial charge in [-0.1, -0.05) is 23.2 Å². The number of rotatable bonds is 3. The summed E-state index contributed by atoms with van der Waals surface area (Å²) in [5.74, 6) is -1.48. The molecule has 9 heteroatoms. The first-order valence-corrected chi connectivity index (χ1v) is 9.44. The summed E-state index contributed by atoms with van der Waals surface area (Å²) in [5.41, 5.74) is 1.20. The van der Waals surface area contributed by atoms with E-state index in [1.54, 1.807) is 35.0 Å². The molecule has 4 amide bonds. The number of imide groups is 2. The second kappa shape index (κ2) is 7.70. The lowest BCUT2D eigenvalue weighted by Gasteiger charge is -2.26. The van der Waals surface area contributed by atoms with Crippen LogP contribution in [0, 0.1) is 0 Å². The Morgan fingerprint density at radius 3 is 2.30 bits per heavy atom. The number of hydrogen-bond donors (Lipinski definition) is 2. The van der Waals surface area contributed by atoms with Gasteiger partial charge >= 0.3 is 6.03 Å². The SMILES string of the molecule is O=C1NC(=O)N(c2ccc(Cl)c(Cl)c2)C(=O)/C1=C\c1cccn1-c1ccc(O)cc1. The van der Waals surface area contributed by atoms with E-state index in [-0.39, 0.29) is 27.1 Å². The molecule has 150 valence electrons. The Hall–Kier alpha value is -3.55. The van der Waals surface area contributed by atoms with E-state index >= 15 is 0 Å². The van der Waals surface area contributed by atoms with Crippen LogP contribution in [0.3, 0.4) is 0 Å². The van der Waals surface area contributed by atoms with Gasteiger partial charge in [-0.2, -0.15) is 0 Å². The molecule has 0 radical (unpaired) electrons. The van der Waals surface area contributed by atoms with Gasteiger partial charge in [0.05, 0.1) is 15.7 Å². The largest absolute Gasteiger partial charge is 0.508 e. The molecule has 1 aliphatic rings. The Balaban J connectivity index is 1.74. The smallest absolute Gasteiger partial charge is 0.335 e. The highest BCUT2D eigenvalue weighted by molar-refractivity contribution is 6.43. The molecule has 0 aliphatic carbocycles. The van der Waals surface area contributed by atoms with E-state index in [1.807, 2.05) is 0 Å². The minimum atomic E-state index is -0.880. The molecule has 0 unspecified atom stereocenters. The number of aromatic hydroxyl groups is 1. The summed E-state index contributed by atoms with van der Waals surface area (Å²) < 4.78 is 1.73. The van der Waals surface area contributed by atoms with Crippen LogP contribution in [0.4, 0.5) is 10.5 Å². The van der Waals surface area contributed by atoms with E-state index in [9.17, 15) is 19.5 Å². The average Bonchev–Trinajstić information content (AvgIpc) is 3.16. The summed E-state index contributed by atoms with van der Waals surface area (Å²) >= 11 is 11.9. The van der Waals surface area contributed by atoms with E-state index in [0.29, 0.717) is 11.4 Å². The fourth-order valence-corrected chi connectivity index (χ4v) is 3.32. The number of halogens is 2. The predicted molar refractivity (Wildman–Crippen MR) is 113 cm³/mol. The number of barbiturate groups is 1. The van der Waals surface area contributed by atoms with Crippen LogP contribution in [-0.2, 0) is 9.59 Å². The van der Waals surface area contributed by atoms with Crippen LogP contribution in [0.5, 0.6) is 5.75 Å².